The van der Waals surface area contributed by atoms with Crippen molar-refractivity contribution < 1.29 is 9.47 Å². The zero-order chi connectivity index (χ0) is 14.8. The molecule has 0 unspecified atom stereocenters. The van der Waals surface area contributed by atoms with Gasteiger partial charge in [0.15, 0.2) is 11.5 Å². The first kappa shape index (κ1) is 17.3. The van der Waals surface area contributed by atoms with Gasteiger partial charge in [-0.15, -0.1) is 0 Å². The van der Waals surface area contributed by atoms with Crippen molar-refractivity contribution in [3.63, 3.8) is 0 Å². The molecular formula is C16H26BrNO2. The monoisotopic (exact) mass is 343 g/mol. The average molecular weight is 344 g/mol. The Morgan fingerprint density at radius 2 is 1.95 bits per heavy atom. The first-order valence-electron chi connectivity index (χ1n) is 7.42. The van der Waals surface area contributed by atoms with Gasteiger partial charge in [0.2, 0.25) is 0 Å². The molecule has 0 aliphatic carbocycles. The van der Waals surface area contributed by atoms with Gasteiger partial charge in [-0.1, -0.05) is 26.7 Å². The van der Waals surface area contributed by atoms with Crippen molar-refractivity contribution >= 4 is 15.9 Å². The van der Waals surface area contributed by atoms with Gasteiger partial charge in [-0.05, 0) is 53.0 Å². The second-order valence-corrected chi connectivity index (χ2v) is 5.70. The number of hydrogen-bond donors (Lipinski definition) is 1. The van der Waals surface area contributed by atoms with Crippen LogP contribution in [0.3, 0.4) is 0 Å². The van der Waals surface area contributed by atoms with Gasteiger partial charge in [0.05, 0.1) is 18.2 Å². The Kier molecular flexibility index (Phi) is 8.70. The summed E-state index contributed by atoms with van der Waals surface area (Å²) in [6, 6.07) is 4.14. The lowest BCUT2D eigenvalue weighted by molar-refractivity contribution is 0.292. The maximum absolute atomic E-state index is 5.73. The molecule has 1 aromatic rings. The molecule has 114 valence electrons. The molecule has 3 nitrogen and oxygen atoms in total. The zero-order valence-electron chi connectivity index (χ0n) is 12.8. The molecule has 0 bridgehead atoms. The van der Waals surface area contributed by atoms with Crippen molar-refractivity contribution in [2.24, 2.45) is 0 Å². The number of methoxy groups -OCH3 is 1. The van der Waals surface area contributed by atoms with Gasteiger partial charge in [-0.3, -0.25) is 0 Å². The van der Waals surface area contributed by atoms with E-state index in [1.807, 2.05) is 6.07 Å². The van der Waals surface area contributed by atoms with E-state index in [-0.39, 0.29) is 0 Å². The van der Waals surface area contributed by atoms with Gasteiger partial charge in [-0.25, -0.2) is 0 Å². The summed E-state index contributed by atoms with van der Waals surface area (Å²) in [6.45, 7) is 6.92. The maximum atomic E-state index is 5.73. The predicted octanol–water partition coefficient (Wildman–Crippen LogP) is 4.53. The highest BCUT2D eigenvalue weighted by molar-refractivity contribution is 9.10. The van der Waals surface area contributed by atoms with Crippen LogP contribution in [0.2, 0.25) is 0 Å². The Morgan fingerprint density at radius 3 is 2.60 bits per heavy atom. The summed E-state index contributed by atoms with van der Waals surface area (Å²) in [5.41, 5.74) is 1.20. The predicted molar refractivity (Wildman–Crippen MR) is 87.7 cm³/mol. The van der Waals surface area contributed by atoms with E-state index in [2.05, 4.69) is 41.2 Å². The average Bonchev–Trinajstić information content (AvgIpc) is 2.45. The summed E-state index contributed by atoms with van der Waals surface area (Å²) >= 11 is 3.57. The molecule has 1 aromatic carbocycles. The third-order valence-electron chi connectivity index (χ3n) is 3.03. The third-order valence-corrected chi connectivity index (χ3v) is 3.62. The molecule has 0 amide bonds. The highest BCUT2D eigenvalue weighted by Gasteiger charge is 2.11. The lowest BCUT2D eigenvalue weighted by Crippen LogP contribution is -2.14. The number of halogens is 1. The van der Waals surface area contributed by atoms with Crippen LogP contribution >= 0.6 is 15.9 Å². The van der Waals surface area contributed by atoms with E-state index in [1.165, 1.54) is 24.8 Å². The fraction of sp³-hybridized carbons (Fsp3) is 0.625. The van der Waals surface area contributed by atoms with Crippen LogP contribution in [-0.4, -0.2) is 20.3 Å². The van der Waals surface area contributed by atoms with Crippen molar-refractivity contribution in [2.45, 2.75) is 46.1 Å². The van der Waals surface area contributed by atoms with Crippen LogP contribution in [0.1, 0.15) is 45.1 Å². The minimum absolute atomic E-state index is 0.698. The first-order valence-corrected chi connectivity index (χ1v) is 8.22. The van der Waals surface area contributed by atoms with Gasteiger partial charge < -0.3 is 14.8 Å². The van der Waals surface area contributed by atoms with Crippen molar-refractivity contribution in [1.29, 1.82) is 0 Å². The standard InChI is InChI=1S/C16H26BrNO2/c1-4-6-7-8-18-12-13-10-14(17)16(20-9-5-2)15(11-13)19-3/h10-11,18H,4-9,12H2,1-3H3. The number of hydrogen-bond acceptors (Lipinski definition) is 3. The molecule has 0 atom stereocenters. The molecule has 0 aliphatic heterocycles. The van der Waals surface area contributed by atoms with Crippen molar-refractivity contribution in [2.75, 3.05) is 20.3 Å². The molecule has 0 saturated carbocycles. The molecule has 0 spiro atoms. The largest absolute Gasteiger partial charge is 0.493 e. The van der Waals surface area contributed by atoms with Gasteiger partial charge in [0.1, 0.15) is 0 Å². The minimum atomic E-state index is 0.698. The van der Waals surface area contributed by atoms with E-state index in [1.54, 1.807) is 7.11 Å². The Bertz CT molecular complexity index is 396. The highest BCUT2D eigenvalue weighted by Crippen LogP contribution is 2.36. The Hall–Kier alpha value is -0.740. The molecule has 20 heavy (non-hydrogen) atoms. The molecule has 0 heterocycles. The summed E-state index contributed by atoms with van der Waals surface area (Å²) in [6.07, 6.45) is 4.75. The van der Waals surface area contributed by atoms with E-state index >= 15 is 0 Å². The summed E-state index contributed by atoms with van der Waals surface area (Å²) in [5.74, 6) is 1.59. The molecule has 4 heteroatoms. The van der Waals surface area contributed by atoms with E-state index in [0.717, 1.165) is 35.5 Å². The van der Waals surface area contributed by atoms with Crippen molar-refractivity contribution in [3.8, 4) is 11.5 Å². The Balaban J connectivity index is 2.62. The number of ether oxygens (including phenoxy) is 2. The molecule has 1 N–H and O–H groups in total. The van der Waals surface area contributed by atoms with Crippen LogP contribution in [0, 0.1) is 0 Å². The summed E-state index contributed by atoms with van der Waals surface area (Å²) in [4.78, 5) is 0. The molecule has 0 fully saturated rings. The fourth-order valence-corrected chi connectivity index (χ4v) is 2.56. The van der Waals surface area contributed by atoms with Gasteiger partial charge >= 0.3 is 0 Å². The number of benzene rings is 1. The minimum Gasteiger partial charge on any atom is -0.493 e. The molecule has 0 aromatic heterocycles. The van der Waals surface area contributed by atoms with Crippen LogP contribution < -0.4 is 14.8 Å². The summed E-state index contributed by atoms with van der Waals surface area (Å²) in [5, 5.41) is 3.46. The fourth-order valence-electron chi connectivity index (χ4n) is 1.95. The van der Waals surface area contributed by atoms with Gasteiger partial charge in [0.25, 0.3) is 0 Å². The molecular weight excluding hydrogens is 318 g/mol. The first-order chi connectivity index (χ1) is 9.72. The summed E-state index contributed by atoms with van der Waals surface area (Å²) < 4.78 is 12.1. The second-order valence-electron chi connectivity index (χ2n) is 4.84. The normalized spacial score (nSPS) is 10.6. The molecule has 0 saturated heterocycles. The van der Waals surface area contributed by atoms with Gasteiger partial charge in [-0.2, -0.15) is 0 Å². The lowest BCUT2D eigenvalue weighted by atomic mass is 10.2. The van der Waals surface area contributed by atoms with Crippen molar-refractivity contribution in [3.05, 3.63) is 22.2 Å². The third kappa shape index (κ3) is 5.71. The van der Waals surface area contributed by atoms with E-state index in [9.17, 15) is 0 Å². The van der Waals surface area contributed by atoms with E-state index < -0.39 is 0 Å². The quantitative estimate of drug-likeness (QED) is 0.633. The van der Waals surface area contributed by atoms with E-state index in [4.69, 9.17) is 9.47 Å². The second kappa shape index (κ2) is 10.1. The maximum Gasteiger partial charge on any atom is 0.175 e. The van der Waals surface area contributed by atoms with Crippen LogP contribution in [0.5, 0.6) is 11.5 Å². The smallest absolute Gasteiger partial charge is 0.175 e. The van der Waals surface area contributed by atoms with Crippen LogP contribution in [0.25, 0.3) is 0 Å². The number of unbranched alkanes of at least 4 members (excludes halogenated alkanes) is 2. The SMILES string of the molecule is CCCCCNCc1cc(Br)c(OCCC)c(OC)c1. The zero-order valence-corrected chi connectivity index (χ0v) is 14.4. The lowest BCUT2D eigenvalue weighted by Gasteiger charge is -2.14. The van der Waals surface area contributed by atoms with Crippen LogP contribution in [0.15, 0.2) is 16.6 Å². The highest BCUT2D eigenvalue weighted by atomic mass is 79.9. The van der Waals surface area contributed by atoms with Crippen LogP contribution in [0.4, 0.5) is 0 Å². The summed E-state index contributed by atoms with van der Waals surface area (Å²) in [7, 11) is 1.68. The number of nitrogens with one attached hydrogen (secondary N) is 1. The van der Waals surface area contributed by atoms with Crippen LogP contribution in [-0.2, 0) is 6.54 Å². The topological polar surface area (TPSA) is 30.5 Å². The Morgan fingerprint density at radius 1 is 1.15 bits per heavy atom. The van der Waals surface area contributed by atoms with Crippen molar-refractivity contribution in [1.82, 2.24) is 5.32 Å². The number of rotatable bonds is 10. The molecule has 0 aliphatic rings. The molecule has 1 rings (SSSR count). The van der Waals surface area contributed by atoms with Gasteiger partial charge in [0, 0.05) is 6.54 Å². The molecule has 0 radical (unpaired) electrons. The van der Waals surface area contributed by atoms with E-state index in [0.29, 0.717) is 6.61 Å². The Labute approximate surface area is 131 Å².